The number of hydrogen-bond acceptors (Lipinski definition) is 2. The Morgan fingerprint density at radius 2 is 1.86 bits per heavy atom. The lowest BCUT2D eigenvalue weighted by Gasteiger charge is -2.34. The third-order valence-corrected chi connectivity index (χ3v) is 4.32. The number of nitrogens with zero attached hydrogens (tertiary/aromatic N) is 2. The van der Waals surface area contributed by atoms with Gasteiger partial charge in [-0.25, -0.2) is 0 Å². The predicted octanol–water partition coefficient (Wildman–Crippen LogP) is 2.67. The van der Waals surface area contributed by atoms with Gasteiger partial charge in [0.05, 0.1) is 5.02 Å². The number of nitrogens with one attached hydrogen (secondary N) is 1. The van der Waals surface area contributed by atoms with Gasteiger partial charge < -0.3 is 9.88 Å². The number of hydrogen-bond donors (Lipinski definition) is 1. The number of aromatic nitrogens is 1. The van der Waals surface area contributed by atoms with Crippen LogP contribution in [0.5, 0.6) is 0 Å². The van der Waals surface area contributed by atoms with Crippen molar-refractivity contribution in [1.29, 1.82) is 0 Å². The highest BCUT2D eigenvalue weighted by Gasteiger charge is 2.22. The van der Waals surface area contributed by atoms with Crippen LogP contribution in [0.2, 0.25) is 5.02 Å². The van der Waals surface area contributed by atoms with Gasteiger partial charge in [0, 0.05) is 38.9 Å². The summed E-state index contributed by atoms with van der Waals surface area (Å²) in [5.41, 5.74) is 1.93. The van der Waals surface area contributed by atoms with E-state index in [1.165, 1.54) is 5.56 Å². The summed E-state index contributed by atoms with van der Waals surface area (Å²) in [6.07, 6.45) is 2.70. The zero-order valence-corrected chi connectivity index (χ0v) is 13.2. The molecule has 2 aromatic rings. The Labute approximate surface area is 135 Å². The van der Waals surface area contributed by atoms with Gasteiger partial charge in [-0.15, -0.1) is 0 Å². The number of amides is 1. The van der Waals surface area contributed by atoms with E-state index in [0.29, 0.717) is 10.7 Å². The molecule has 4 nitrogen and oxygen atoms in total. The average molecular weight is 318 g/mol. The summed E-state index contributed by atoms with van der Waals surface area (Å²) in [5.74, 6) is 0.0367. The molecule has 1 saturated heterocycles. The lowest BCUT2D eigenvalue weighted by Crippen LogP contribution is -2.49. The number of benzene rings is 1. The lowest BCUT2D eigenvalue weighted by atomic mass is 10.1. The Hall–Kier alpha value is -1.78. The number of piperazine rings is 1. The van der Waals surface area contributed by atoms with Gasteiger partial charge in [-0.2, -0.15) is 0 Å². The fourth-order valence-corrected chi connectivity index (χ4v) is 2.93. The number of halogens is 1. The average Bonchev–Trinajstić information content (AvgIpc) is 3.00. The van der Waals surface area contributed by atoms with Crippen molar-refractivity contribution in [3.63, 3.8) is 0 Å². The second-order valence-corrected chi connectivity index (χ2v) is 6.04. The maximum atomic E-state index is 12.3. The van der Waals surface area contributed by atoms with E-state index in [0.717, 1.165) is 39.1 Å². The van der Waals surface area contributed by atoms with Crippen molar-refractivity contribution in [3.8, 4) is 0 Å². The van der Waals surface area contributed by atoms with Crippen LogP contribution < -0.4 is 0 Å². The molecule has 1 N–H and O–H groups in total. The number of rotatable bonds is 4. The Morgan fingerprint density at radius 1 is 1.14 bits per heavy atom. The van der Waals surface area contributed by atoms with Gasteiger partial charge in [0.25, 0.3) is 5.91 Å². The van der Waals surface area contributed by atoms with Crippen molar-refractivity contribution in [1.82, 2.24) is 14.8 Å². The Bertz CT molecular complexity index is 618. The van der Waals surface area contributed by atoms with Crippen LogP contribution in [-0.2, 0) is 6.42 Å². The normalized spacial score (nSPS) is 16.0. The summed E-state index contributed by atoms with van der Waals surface area (Å²) < 4.78 is 0. The highest BCUT2D eigenvalue weighted by atomic mass is 35.5. The van der Waals surface area contributed by atoms with Gasteiger partial charge in [0.1, 0.15) is 5.69 Å². The number of carbonyl (C=O) groups excluding carboxylic acids is 1. The van der Waals surface area contributed by atoms with E-state index in [1.54, 1.807) is 12.3 Å². The first-order valence-corrected chi connectivity index (χ1v) is 7.99. The van der Waals surface area contributed by atoms with Crippen LogP contribution in [0.4, 0.5) is 0 Å². The van der Waals surface area contributed by atoms with Crippen molar-refractivity contribution in [2.75, 3.05) is 32.7 Å². The van der Waals surface area contributed by atoms with Crippen LogP contribution in [0.3, 0.4) is 0 Å². The van der Waals surface area contributed by atoms with E-state index >= 15 is 0 Å². The highest BCUT2D eigenvalue weighted by molar-refractivity contribution is 6.30. The van der Waals surface area contributed by atoms with Gasteiger partial charge in [0.2, 0.25) is 0 Å². The zero-order valence-electron chi connectivity index (χ0n) is 12.5. The van der Waals surface area contributed by atoms with Gasteiger partial charge in [-0.05, 0) is 18.1 Å². The van der Waals surface area contributed by atoms with Crippen LogP contribution >= 0.6 is 11.6 Å². The molecule has 1 aliphatic heterocycles. The predicted molar refractivity (Wildman–Crippen MR) is 88.3 cm³/mol. The van der Waals surface area contributed by atoms with E-state index in [9.17, 15) is 4.79 Å². The molecule has 0 radical (unpaired) electrons. The first-order chi connectivity index (χ1) is 10.7. The largest absolute Gasteiger partial charge is 0.356 e. The smallest absolute Gasteiger partial charge is 0.270 e. The summed E-state index contributed by atoms with van der Waals surface area (Å²) in [6.45, 7) is 4.43. The van der Waals surface area contributed by atoms with Crippen molar-refractivity contribution in [2.45, 2.75) is 6.42 Å². The first-order valence-electron chi connectivity index (χ1n) is 7.62. The van der Waals surface area contributed by atoms with Crippen LogP contribution in [-0.4, -0.2) is 53.4 Å². The molecule has 0 unspecified atom stereocenters. The quantitative estimate of drug-likeness (QED) is 0.941. The maximum absolute atomic E-state index is 12.3. The summed E-state index contributed by atoms with van der Waals surface area (Å²) in [4.78, 5) is 19.5. The molecule has 0 bridgehead atoms. The summed E-state index contributed by atoms with van der Waals surface area (Å²) >= 11 is 5.86. The molecule has 116 valence electrons. The molecule has 0 aliphatic carbocycles. The molecular formula is C17H20ClN3O. The van der Waals surface area contributed by atoms with Crippen LogP contribution in [0.1, 0.15) is 16.1 Å². The molecule has 22 heavy (non-hydrogen) atoms. The molecule has 1 aliphatic rings. The van der Waals surface area contributed by atoms with Crippen LogP contribution in [0.25, 0.3) is 0 Å². The molecule has 3 rings (SSSR count). The third kappa shape index (κ3) is 3.70. The van der Waals surface area contributed by atoms with E-state index < -0.39 is 0 Å². The van der Waals surface area contributed by atoms with E-state index in [2.05, 4.69) is 34.1 Å². The molecule has 0 spiro atoms. The molecule has 1 aromatic heterocycles. The van der Waals surface area contributed by atoms with Crippen molar-refractivity contribution in [2.24, 2.45) is 0 Å². The third-order valence-electron chi connectivity index (χ3n) is 4.10. The number of carbonyl (C=O) groups is 1. The Kier molecular flexibility index (Phi) is 4.80. The summed E-state index contributed by atoms with van der Waals surface area (Å²) in [7, 11) is 0. The molecular weight excluding hydrogens is 298 g/mol. The molecule has 5 heteroatoms. The zero-order chi connectivity index (χ0) is 15.4. The number of H-pyrrole nitrogens is 1. The Balaban J connectivity index is 1.47. The van der Waals surface area contributed by atoms with E-state index in [4.69, 9.17) is 11.6 Å². The second kappa shape index (κ2) is 6.99. The summed E-state index contributed by atoms with van der Waals surface area (Å²) in [6, 6.07) is 12.2. The Morgan fingerprint density at radius 3 is 2.50 bits per heavy atom. The van der Waals surface area contributed by atoms with E-state index in [1.807, 2.05) is 11.0 Å². The monoisotopic (exact) mass is 317 g/mol. The van der Waals surface area contributed by atoms with Crippen LogP contribution in [0.15, 0.2) is 42.6 Å². The van der Waals surface area contributed by atoms with Gasteiger partial charge in [0.15, 0.2) is 0 Å². The second-order valence-electron chi connectivity index (χ2n) is 5.60. The fourth-order valence-electron chi connectivity index (χ4n) is 2.77. The van der Waals surface area contributed by atoms with E-state index in [-0.39, 0.29) is 5.91 Å². The van der Waals surface area contributed by atoms with Gasteiger partial charge >= 0.3 is 0 Å². The molecule has 1 amide bonds. The maximum Gasteiger partial charge on any atom is 0.270 e. The summed E-state index contributed by atoms with van der Waals surface area (Å²) in [5, 5.41) is 0.574. The molecule has 0 saturated carbocycles. The molecule has 1 aromatic carbocycles. The van der Waals surface area contributed by atoms with Crippen molar-refractivity contribution in [3.05, 3.63) is 58.9 Å². The lowest BCUT2D eigenvalue weighted by molar-refractivity contribution is 0.0633. The fraction of sp³-hybridized carbons (Fsp3) is 0.353. The standard InChI is InChI=1S/C17H20ClN3O/c18-15-12-16(19-13-15)17(22)21-10-8-20(9-11-21)7-6-14-4-2-1-3-5-14/h1-5,12-13,19H,6-11H2. The van der Waals surface area contributed by atoms with Crippen molar-refractivity contribution < 1.29 is 4.79 Å². The molecule has 2 heterocycles. The van der Waals surface area contributed by atoms with Crippen LogP contribution in [0, 0.1) is 0 Å². The highest BCUT2D eigenvalue weighted by Crippen LogP contribution is 2.13. The topological polar surface area (TPSA) is 39.3 Å². The molecule has 1 fully saturated rings. The minimum Gasteiger partial charge on any atom is -0.356 e. The van der Waals surface area contributed by atoms with Crippen molar-refractivity contribution >= 4 is 17.5 Å². The minimum absolute atomic E-state index is 0.0367. The van der Waals surface area contributed by atoms with Gasteiger partial charge in [-0.1, -0.05) is 41.9 Å². The SMILES string of the molecule is O=C(c1cc(Cl)c[nH]1)N1CCN(CCc2ccccc2)CC1. The van der Waals surface area contributed by atoms with Gasteiger partial charge in [-0.3, -0.25) is 9.69 Å². The number of aromatic amines is 1. The first kappa shape index (κ1) is 15.1. The minimum atomic E-state index is 0.0367. The molecule has 0 atom stereocenters.